The zero-order chi connectivity index (χ0) is 28.9. The lowest BCUT2D eigenvalue weighted by atomic mass is 10.1. The standard InChI is InChI=1S/C23H45N3O6.C3H8O2/c1-21(2,3)31-19(27)25-13-11-9-10-12-24-15-17-14-18(30-23(7,8)29-17)16-26-20(28)32-22(4,5)6;1-3(2,4)5/h17-18,24H,9-16H2,1-8H3,(H,25,27)(H,26,28);4-5H,1-2H3/t17-,18?;/m1./s1. The molecule has 0 saturated carbocycles. The van der Waals surface area contributed by atoms with Gasteiger partial charge in [0, 0.05) is 26.1 Å². The Balaban J connectivity index is 0.00000235. The summed E-state index contributed by atoms with van der Waals surface area (Å²) in [4.78, 5) is 23.5. The first kappa shape index (κ1) is 35.3. The van der Waals surface area contributed by atoms with Gasteiger partial charge in [0.2, 0.25) is 0 Å². The normalized spacial score (nSPS) is 19.8. The quantitative estimate of drug-likeness (QED) is 0.210. The van der Waals surface area contributed by atoms with E-state index >= 15 is 0 Å². The molecule has 0 bridgehead atoms. The first-order valence-electron chi connectivity index (χ1n) is 13.1. The van der Waals surface area contributed by atoms with Crippen LogP contribution in [-0.4, -0.2) is 83.6 Å². The van der Waals surface area contributed by atoms with E-state index < -0.39 is 28.9 Å². The van der Waals surface area contributed by atoms with Crippen LogP contribution in [0.4, 0.5) is 9.59 Å². The van der Waals surface area contributed by atoms with Crippen molar-refractivity contribution in [1.29, 1.82) is 0 Å². The maximum absolute atomic E-state index is 11.9. The van der Waals surface area contributed by atoms with Crippen molar-refractivity contribution in [2.45, 2.75) is 130 Å². The van der Waals surface area contributed by atoms with Gasteiger partial charge >= 0.3 is 12.2 Å². The predicted octanol–water partition coefficient (Wildman–Crippen LogP) is 3.41. The largest absolute Gasteiger partial charge is 0.444 e. The van der Waals surface area contributed by atoms with E-state index in [0.717, 1.165) is 25.8 Å². The minimum atomic E-state index is -1.50. The monoisotopic (exact) mass is 535 g/mol. The predicted molar refractivity (Wildman–Crippen MR) is 142 cm³/mol. The molecule has 0 aromatic rings. The van der Waals surface area contributed by atoms with Crippen LogP contribution in [0, 0.1) is 0 Å². The minimum absolute atomic E-state index is 0.00183. The number of hydrogen-bond acceptors (Lipinski definition) is 9. The molecular weight excluding hydrogens is 482 g/mol. The third kappa shape index (κ3) is 24.4. The second kappa shape index (κ2) is 15.7. The highest BCUT2D eigenvalue weighted by Crippen LogP contribution is 2.26. The van der Waals surface area contributed by atoms with E-state index in [-0.39, 0.29) is 18.3 Å². The van der Waals surface area contributed by atoms with E-state index in [1.807, 2.05) is 55.4 Å². The molecule has 1 aliphatic heterocycles. The van der Waals surface area contributed by atoms with Gasteiger partial charge in [-0.15, -0.1) is 0 Å². The van der Waals surface area contributed by atoms with Crippen molar-refractivity contribution in [3.63, 3.8) is 0 Å². The maximum atomic E-state index is 11.9. The molecule has 1 heterocycles. The molecule has 1 unspecified atom stereocenters. The van der Waals surface area contributed by atoms with Crippen LogP contribution in [0.5, 0.6) is 0 Å². The molecule has 2 atom stereocenters. The van der Waals surface area contributed by atoms with Crippen LogP contribution >= 0.6 is 0 Å². The van der Waals surface area contributed by atoms with Crippen LogP contribution in [-0.2, 0) is 18.9 Å². The summed E-state index contributed by atoms with van der Waals surface area (Å²) in [5.41, 5.74) is -1.00. The average molecular weight is 536 g/mol. The van der Waals surface area contributed by atoms with Crippen molar-refractivity contribution in [2.75, 3.05) is 26.2 Å². The fourth-order valence-electron chi connectivity index (χ4n) is 3.30. The zero-order valence-electron chi connectivity index (χ0n) is 24.7. The molecule has 220 valence electrons. The molecule has 2 amide bonds. The molecule has 37 heavy (non-hydrogen) atoms. The van der Waals surface area contributed by atoms with Gasteiger partial charge in [-0.2, -0.15) is 0 Å². The lowest BCUT2D eigenvalue weighted by Crippen LogP contribution is -2.51. The number of amides is 2. The second-order valence-electron chi connectivity index (χ2n) is 12.2. The van der Waals surface area contributed by atoms with Crippen molar-refractivity contribution in [1.82, 2.24) is 16.0 Å². The molecule has 1 fully saturated rings. The number of ether oxygens (including phenoxy) is 4. The molecule has 11 heteroatoms. The first-order valence-corrected chi connectivity index (χ1v) is 13.1. The van der Waals surface area contributed by atoms with Gasteiger partial charge in [0.05, 0.1) is 12.2 Å². The number of hydrogen-bond donors (Lipinski definition) is 5. The van der Waals surface area contributed by atoms with Crippen LogP contribution in [0.2, 0.25) is 0 Å². The van der Waals surface area contributed by atoms with Gasteiger partial charge < -0.3 is 45.1 Å². The highest BCUT2D eigenvalue weighted by Gasteiger charge is 2.35. The fraction of sp³-hybridized carbons (Fsp3) is 0.923. The number of rotatable bonds is 10. The minimum Gasteiger partial charge on any atom is -0.444 e. The van der Waals surface area contributed by atoms with Gasteiger partial charge in [-0.1, -0.05) is 6.42 Å². The second-order valence-corrected chi connectivity index (χ2v) is 12.2. The summed E-state index contributed by atoms with van der Waals surface area (Å²) in [5.74, 6) is -2.21. The summed E-state index contributed by atoms with van der Waals surface area (Å²) in [6.45, 7) is 20.0. The molecular formula is C26H53N3O8. The summed E-state index contributed by atoms with van der Waals surface area (Å²) in [5, 5.41) is 25.1. The SMILES string of the molecule is CC(C)(C)OC(=O)NCCCCCNC[C@H]1CC(CNC(=O)OC(C)(C)C)OC(C)(C)O1.CC(C)(O)O. The van der Waals surface area contributed by atoms with Crippen LogP contribution in [0.3, 0.4) is 0 Å². The highest BCUT2D eigenvalue weighted by molar-refractivity contribution is 5.67. The van der Waals surface area contributed by atoms with Gasteiger partial charge in [0.15, 0.2) is 11.6 Å². The van der Waals surface area contributed by atoms with Crippen molar-refractivity contribution >= 4 is 12.2 Å². The molecule has 1 saturated heterocycles. The summed E-state index contributed by atoms with van der Waals surface area (Å²) in [7, 11) is 0. The smallest absolute Gasteiger partial charge is 0.407 e. The lowest BCUT2D eigenvalue weighted by molar-refractivity contribution is -0.296. The van der Waals surface area contributed by atoms with Crippen LogP contribution in [0.1, 0.15) is 94.9 Å². The van der Waals surface area contributed by atoms with E-state index in [1.165, 1.54) is 13.8 Å². The number of unbranched alkanes of at least 4 members (excludes halogenated alkanes) is 2. The van der Waals surface area contributed by atoms with Crippen LogP contribution < -0.4 is 16.0 Å². The number of carbonyl (C=O) groups excluding carboxylic acids is 2. The van der Waals surface area contributed by atoms with E-state index in [4.69, 9.17) is 29.2 Å². The molecule has 0 aromatic heterocycles. The Morgan fingerprint density at radius 2 is 1.22 bits per heavy atom. The molecule has 0 spiro atoms. The lowest BCUT2D eigenvalue weighted by Gasteiger charge is -2.41. The van der Waals surface area contributed by atoms with Gasteiger partial charge in [0.25, 0.3) is 0 Å². The number of aliphatic hydroxyl groups is 2. The Bertz CT molecular complexity index is 660. The average Bonchev–Trinajstić information content (AvgIpc) is 2.63. The van der Waals surface area contributed by atoms with E-state index in [0.29, 0.717) is 26.1 Å². The Labute approximate surface area is 223 Å². The molecule has 0 radical (unpaired) electrons. The van der Waals surface area contributed by atoms with E-state index in [2.05, 4.69) is 16.0 Å². The Morgan fingerprint density at radius 3 is 1.70 bits per heavy atom. The molecule has 1 rings (SSSR count). The van der Waals surface area contributed by atoms with Gasteiger partial charge in [-0.25, -0.2) is 9.59 Å². The van der Waals surface area contributed by atoms with Gasteiger partial charge in [-0.3, -0.25) is 0 Å². The summed E-state index contributed by atoms with van der Waals surface area (Å²) in [6.07, 6.45) is 2.64. The van der Waals surface area contributed by atoms with Crippen molar-refractivity contribution in [3.05, 3.63) is 0 Å². The van der Waals surface area contributed by atoms with Crippen molar-refractivity contribution in [3.8, 4) is 0 Å². The molecule has 5 N–H and O–H groups in total. The van der Waals surface area contributed by atoms with Gasteiger partial charge in [0.1, 0.15) is 11.2 Å². The van der Waals surface area contributed by atoms with Crippen LogP contribution in [0.15, 0.2) is 0 Å². The van der Waals surface area contributed by atoms with Gasteiger partial charge in [-0.05, 0) is 88.6 Å². The number of carbonyl (C=O) groups is 2. The van der Waals surface area contributed by atoms with E-state index in [9.17, 15) is 9.59 Å². The summed E-state index contributed by atoms with van der Waals surface area (Å²) < 4.78 is 22.4. The van der Waals surface area contributed by atoms with Crippen molar-refractivity contribution in [2.24, 2.45) is 0 Å². The van der Waals surface area contributed by atoms with Crippen LogP contribution in [0.25, 0.3) is 0 Å². The maximum Gasteiger partial charge on any atom is 0.407 e. The first-order chi connectivity index (χ1) is 16.7. The Hall–Kier alpha value is -1.66. The molecule has 11 nitrogen and oxygen atoms in total. The topological polar surface area (TPSA) is 148 Å². The summed E-state index contributed by atoms with van der Waals surface area (Å²) in [6, 6.07) is 0. The number of alkyl carbamates (subject to hydrolysis) is 2. The highest BCUT2D eigenvalue weighted by atomic mass is 16.7. The zero-order valence-corrected chi connectivity index (χ0v) is 24.7. The summed E-state index contributed by atoms with van der Waals surface area (Å²) >= 11 is 0. The molecule has 0 aromatic carbocycles. The Kier molecular flexibility index (Phi) is 15.0. The fourth-order valence-corrected chi connectivity index (χ4v) is 3.30. The van der Waals surface area contributed by atoms with Crippen molar-refractivity contribution < 1.29 is 38.7 Å². The third-order valence-corrected chi connectivity index (χ3v) is 4.37. The molecule has 1 aliphatic rings. The number of nitrogens with one attached hydrogen (secondary N) is 3. The molecule has 0 aliphatic carbocycles. The van der Waals surface area contributed by atoms with E-state index in [1.54, 1.807) is 0 Å². The Morgan fingerprint density at radius 1 is 0.784 bits per heavy atom. The third-order valence-electron chi connectivity index (χ3n) is 4.37.